The summed E-state index contributed by atoms with van der Waals surface area (Å²) in [4.78, 5) is 5.15. The monoisotopic (exact) mass is 141 g/mol. The Morgan fingerprint density at radius 1 is 1.40 bits per heavy atom. The first-order valence-electron chi connectivity index (χ1n) is 3.79. The molecule has 0 atom stereocenters. The molecule has 0 N–H and O–H groups in total. The molecule has 0 aliphatic heterocycles. The van der Waals surface area contributed by atoms with Gasteiger partial charge in [0.2, 0.25) is 0 Å². The molecule has 0 aromatic rings. The molecule has 0 bridgehead atoms. The average molecular weight is 141 g/mol. The molecule has 0 unspecified atom stereocenters. The Kier molecular flexibility index (Phi) is 1.97. The van der Waals surface area contributed by atoms with Crippen LogP contribution in [0.15, 0.2) is 5.16 Å². The molecule has 2 heteroatoms. The van der Waals surface area contributed by atoms with Crippen LogP contribution in [-0.2, 0) is 4.84 Å². The van der Waals surface area contributed by atoms with Crippen molar-refractivity contribution in [1.82, 2.24) is 0 Å². The first-order valence-corrected chi connectivity index (χ1v) is 3.79. The number of oxime groups is 1. The van der Waals surface area contributed by atoms with E-state index in [-0.39, 0.29) is 5.60 Å². The number of hydrogen-bond acceptors (Lipinski definition) is 2. The van der Waals surface area contributed by atoms with Gasteiger partial charge in [-0.2, -0.15) is 0 Å². The minimum absolute atomic E-state index is 0.134. The van der Waals surface area contributed by atoms with Crippen LogP contribution >= 0.6 is 0 Å². The molecule has 1 rings (SSSR count). The van der Waals surface area contributed by atoms with E-state index in [9.17, 15) is 0 Å². The maximum Gasteiger partial charge on any atom is 0.129 e. The third-order valence-corrected chi connectivity index (χ3v) is 1.22. The van der Waals surface area contributed by atoms with E-state index in [0.717, 1.165) is 0 Å². The van der Waals surface area contributed by atoms with Crippen LogP contribution in [0.5, 0.6) is 0 Å². The van der Waals surface area contributed by atoms with Gasteiger partial charge in [0.15, 0.2) is 0 Å². The minimum atomic E-state index is -0.134. The molecule has 0 saturated heterocycles. The molecule has 0 radical (unpaired) electrons. The van der Waals surface area contributed by atoms with Crippen LogP contribution < -0.4 is 0 Å². The third-order valence-electron chi connectivity index (χ3n) is 1.22. The Bertz CT molecular complexity index is 131. The van der Waals surface area contributed by atoms with E-state index >= 15 is 0 Å². The Balaban J connectivity index is 2.13. The van der Waals surface area contributed by atoms with Crippen molar-refractivity contribution < 1.29 is 4.84 Å². The molecule has 2 nitrogen and oxygen atoms in total. The summed E-state index contributed by atoms with van der Waals surface area (Å²) < 4.78 is 0. The van der Waals surface area contributed by atoms with Gasteiger partial charge in [0.05, 0.1) is 0 Å². The van der Waals surface area contributed by atoms with Gasteiger partial charge in [-0.1, -0.05) is 5.16 Å². The van der Waals surface area contributed by atoms with Gasteiger partial charge in [0, 0.05) is 6.21 Å². The van der Waals surface area contributed by atoms with Gasteiger partial charge >= 0.3 is 0 Å². The van der Waals surface area contributed by atoms with Gasteiger partial charge in [-0.15, -0.1) is 0 Å². The average Bonchev–Trinajstić information content (AvgIpc) is 2.45. The summed E-state index contributed by atoms with van der Waals surface area (Å²) in [6, 6.07) is 0. The summed E-state index contributed by atoms with van der Waals surface area (Å²) in [6.45, 7) is 5.99. The number of rotatable bonds is 2. The predicted octanol–water partition coefficient (Wildman–Crippen LogP) is 2.20. The lowest BCUT2D eigenvalue weighted by Crippen LogP contribution is -2.15. The van der Waals surface area contributed by atoms with Gasteiger partial charge in [-0.25, -0.2) is 0 Å². The van der Waals surface area contributed by atoms with E-state index in [1.165, 1.54) is 12.8 Å². The van der Waals surface area contributed by atoms with Crippen molar-refractivity contribution in [3.63, 3.8) is 0 Å². The molecule has 0 aromatic heterocycles. The van der Waals surface area contributed by atoms with Gasteiger partial charge < -0.3 is 4.84 Å². The summed E-state index contributed by atoms with van der Waals surface area (Å²) in [7, 11) is 0. The largest absolute Gasteiger partial charge is 0.390 e. The van der Waals surface area contributed by atoms with E-state index in [4.69, 9.17) is 4.84 Å². The van der Waals surface area contributed by atoms with Crippen molar-refractivity contribution in [2.75, 3.05) is 0 Å². The highest BCUT2D eigenvalue weighted by Crippen LogP contribution is 2.26. The van der Waals surface area contributed by atoms with Crippen molar-refractivity contribution in [1.29, 1.82) is 0 Å². The zero-order chi connectivity index (χ0) is 7.61. The Hall–Kier alpha value is -0.530. The second-order valence-electron chi connectivity index (χ2n) is 3.80. The van der Waals surface area contributed by atoms with E-state index < -0.39 is 0 Å². The van der Waals surface area contributed by atoms with Crippen LogP contribution in [-0.4, -0.2) is 11.8 Å². The second-order valence-corrected chi connectivity index (χ2v) is 3.80. The number of hydrogen-bond donors (Lipinski definition) is 0. The van der Waals surface area contributed by atoms with E-state index in [1.54, 1.807) is 0 Å². The molecular weight excluding hydrogens is 126 g/mol. The summed E-state index contributed by atoms with van der Waals surface area (Å²) in [6.07, 6.45) is 4.49. The maximum atomic E-state index is 5.15. The second kappa shape index (κ2) is 2.60. The van der Waals surface area contributed by atoms with Crippen molar-refractivity contribution in [3.8, 4) is 0 Å². The Labute approximate surface area is 62.3 Å². The normalized spacial score (nSPS) is 19.9. The van der Waals surface area contributed by atoms with E-state index in [0.29, 0.717) is 5.92 Å². The molecule has 58 valence electrons. The topological polar surface area (TPSA) is 21.6 Å². The minimum Gasteiger partial charge on any atom is -0.390 e. The van der Waals surface area contributed by atoms with Gasteiger partial charge in [0.1, 0.15) is 5.60 Å². The van der Waals surface area contributed by atoms with Crippen LogP contribution in [0.2, 0.25) is 0 Å². The molecule has 10 heavy (non-hydrogen) atoms. The SMILES string of the molecule is CC(C)(C)O/N=C\C1CC1. The zero-order valence-electron chi connectivity index (χ0n) is 6.92. The lowest BCUT2D eigenvalue weighted by Gasteiger charge is -2.14. The van der Waals surface area contributed by atoms with Crippen LogP contribution in [0.3, 0.4) is 0 Å². The maximum absolute atomic E-state index is 5.15. The first kappa shape index (κ1) is 7.58. The highest BCUT2D eigenvalue weighted by molar-refractivity contribution is 5.62. The fraction of sp³-hybridized carbons (Fsp3) is 0.875. The Morgan fingerprint density at radius 2 is 2.00 bits per heavy atom. The van der Waals surface area contributed by atoms with E-state index in [2.05, 4.69) is 5.16 Å². The molecule has 1 aliphatic carbocycles. The molecular formula is C8H15NO. The van der Waals surface area contributed by atoms with E-state index in [1.807, 2.05) is 27.0 Å². The quantitative estimate of drug-likeness (QED) is 0.426. The summed E-state index contributed by atoms with van der Waals surface area (Å²) in [5, 5.41) is 3.88. The molecule has 1 fully saturated rings. The summed E-state index contributed by atoms with van der Waals surface area (Å²) in [5.41, 5.74) is -0.134. The molecule has 0 spiro atoms. The van der Waals surface area contributed by atoms with Gasteiger partial charge in [0.25, 0.3) is 0 Å². The van der Waals surface area contributed by atoms with Gasteiger partial charge in [-0.05, 0) is 39.5 Å². The lowest BCUT2D eigenvalue weighted by atomic mass is 10.2. The molecule has 1 aliphatic rings. The highest BCUT2D eigenvalue weighted by Gasteiger charge is 2.19. The van der Waals surface area contributed by atoms with Crippen molar-refractivity contribution in [2.45, 2.75) is 39.2 Å². The molecule has 1 saturated carbocycles. The first-order chi connectivity index (χ1) is 4.58. The van der Waals surface area contributed by atoms with Crippen molar-refractivity contribution >= 4 is 6.21 Å². The van der Waals surface area contributed by atoms with Crippen LogP contribution in [0.25, 0.3) is 0 Å². The fourth-order valence-corrected chi connectivity index (χ4v) is 0.520. The summed E-state index contributed by atoms with van der Waals surface area (Å²) >= 11 is 0. The highest BCUT2D eigenvalue weighted by atomic mass is 16.6. The Morgan fingerprint density at radius 3 is 2.40 bits per heavy atom. The van der Waals surface area contributed by atoms with Crippen molar-refractivity contribution in [3.05, 3.63) is 0 Å². The van der Waals surface area contributed by atoms with Crippen LogP contribution in [0, 0.1) is 5.92 Å². The lowest BCUT2D eigenvalue weighted by molar-refractivity contribution is 0.00147. The molecule has 0 aromatic carbocycles. The molecule has 0 amide bonds. The number of nitrogens with zero attached hydrogens (tertiary/aromatic N) is 1. The zero-order valence-corrected chi connectivity index (χ0v) is 6.92. The van der Waals surface area contributed by atoms with Crippen molar-refractivity contribution in [2.24, 2.45) is 11.1 Å². The van der Waals surface area contributed by atoms with Crippen LogP contribution in [0.4, 0.5) is 0 Å². The van der Waals surface area contributed by atoms with Crippen LogP contribution in [0.1, 0.15) is 33.6 Å². The predicted molar refractivity (Wildman–Crippen MR) is 42.1 cm³/mol. The third kappa shape index (κ3) is 3.49. The van der Waals surface area contributed by atoms with Gasteiger partial charge in [-0.3, -0.25) is 0 Å². The molecule has 0 heterocycles. The smallest absolute Gasteiger partial charge is 0.129 e. The standard InChI is InChI=1S/C8H15NO/c1-8(2,3)10-9-6-7-4-5-7/h6-7H,4-5H2,1-3H3/b9-6-. The summed E-state index contributed by atoms with van der Waals surface area (Å²) in [5.74, 6) is 0.711. The fourth-order valence-electron chi connectivity index (χ4n) is 0.520.